The lowest BCUT2D eigenvalue weighted by atomic mass is 9.94. The van der Waals surface area contributed by atoms with E-state index in [1.54, 1.807) is 48.0 Å². The molecule has 150 valence electrons. The van der Waals surface area contributed by atoms with Crippen molar-refractivity contribution in [2.75, 3.05) is 10.2 Å². The zero-order valence-corrected chi connectivity index (χ0v) is 17.0. The summed E-state index contributed by atoms with van der Waals surface area (Å²) in [6, 6.07) is 13.3. The van der Waals surface area contributed by atoms with Crippen molar-refractivity contribution in [1.29, 1.82) is 0 Å². The van der Waals surface area contributed by atoms with Gasteiger partial charge in [-0.1, -0.05) is 18.2 Å². The molecular formula is C20H14N4O4S2. The molecule has 1 atom stereocenters. The number of carbonyl (C=O) groups is 2. The van der Waals surface area contributed by atoms with E-state index in [1.165, 1.54) is 22.3 Å². The molecule has 1 amide bonds. The zero-order chi connectivity index (χ0) is 20.9. The largest absolute Gasteiger partial charge is 0.341 e. The van der Waals surface area contributed by atoms with Gasteiger partial charge in [-0.2, -0.15) is 8.42 Å². The summed E-state index contributed by atoms with van der Waals surface area (Å²) < 4.78 is 29.1. The number of pyridine rings is 1. The van der Waals surface area contributed by atoms with Crippen LogP contribution >= 0.6 is 11.3 Å². The molecule has 0 spiro atoms. The van der Waals surface area contributed by atoms with Crippen molar-refractivity contribution in [2.24, 2.45) is 10.3 Å². The van der Waals surface area contributed by atoms with Gasteiger partial charge in [0.2, 0.25) is 5.91 Å². The summed E-state index contributed by atoms with van der Waals surface area (Å²) in [5, 5.41) is 4.61. The predicted molar refractivity (Wildman–Crippen MR) is 112 cm³/mol. The van der Waals surface area contributed by atoms with Crippen LogP contribution < -0.4 is 10.2 Å². The topological polar surface area (TPSA) is 109 Å². The lowest BCUT2D eigenvalue weighted by Gasteiger charge is -2.32. The number of amidine groups is 1. The first-order valence-corrected chi connectivity index (χ1v) is 11.3. The number of nitrogens with zero attached hydrogens (tertiary/aromatic N) is 3. The number of hydrogen-bond donors (Lipinski definition) is 1. The van der Waals surface area contributed by atoms with Crippen molar-refractivity contribution in [3.63, 3.8) is 0 Å². The summed E-state index contributed by atoms with van der Waals surface area (Å²) >= 11 is 1.21. The molecule has 2 aromatic heterocycles. The Morgan fingerprint density at radius 1 is 1.07 bits per heavy atom. The van der Waals surface area contributed by atoms with E-state index in [4.69, 9.17) is 0 Å². The van der Waals surface area contributed by atoms with Gasteiger partial charge in [0.15, 0.2) is 11.7 Å². The third kappa shape index (κ3) is 2.92. The highest BCUT2D eigenvalue weighted by Crippen LogP contribution is 2.38. The Morgan fingerprint density at radius 2 is 1.87 bits per heavy atom. The average Bonchev–Trinajstić information content (AvgIpc) is 3.22. The van der Waals surface area contributed by atoms with E-state index in [2.05, 4.69) is 14.7 Å². The fraction of sp³-hybridized carbons (Fsp3) is 0.100. The molecule has 0 radical (unpaired) electrons. The minimum atomic E-state index is -4.03. The molecular weight excluding hydrogens is 424 g/mol. The van der Waals surface area contributed by atoms with E-state index in [9.17, 15) is 18.0 Å². The van der Waals surface area contributed by atoms with Crippen molar-refractivity contribution in [3.05, 3.63) is 70.7 Å². The number of ketones is 1. The van der Waals surface area contributed by atoms with Crippen molar-refractivity contribution in [3.8, 4) is 0 Å². The van der Waals surface area contributed by atoms with Crippen LogP contribution in [0.3, 0.4) is 0 Å². The van der Waals surface area contributed by atoms with Crippen LogP contribution in [0.5, 0.6) is 0 Å². The Balaban J connectivity index is 1.59. The molecule has 4 heterocycles. The summed E-state index contributed by atoms with van der Waals surface area (Å²) in [5.74, 6) is -2.57. The number of aromatic nitrogens is 1. The molecule has 3 aromatic rings. The number of para-hydroxylation sites is 1. The first-order valence-electron chi connectivity index (χ1n) is 8.99. The lowest BCUT2D eigenvalue weighted by Crippen LogP contribution is -2.49. The quantitative estimate of drug-likeness (QED) is 0.630. The molecule has 1 unspecified atom stereocenters. The fourth-order valence-electron chi connectivity index (χ4n) is 3.53. The van der Waals surface area contributed by atoms with Gasteiger partial charge in [0.1, 0.15) is 10.7 Å². The minimum Gasteiger partial charge on any atom is -0.341 e. The standard InChI is InChI=1S/C20H14N4O4S2/c25-17-16(19-22-13-6-1-2-7-15(13)30(27,28)23-19)20(26)24(14-8-10-29-18(14)17)11-12-5-3-4-9-21-12/h1-10,16H,11H2,(H,22,23). The maximum absolute atomic E-state index is 13.4. The number of carbonyl (C=O) groups excluding carboxylic acids is 2. The minimum absolute atomic E-state index is 0.00612. The second-order valence-electron chi connectivity index (χ2n) is 6.75. The maximum atomic E-state index is 13.4. The molecule has 5 rings (SSSR count). The fourth-order valence-corrected chi connectivity index (χ4v) is 5.56. The van der Waals surface area contributed by atoms with Gasteiger partial charge in [-0.3, -0.25) is 14.6 Å². The normalized spacial score (nSPS) is 19.5. The molecule has 1 N–H and O–H groups in total. The Labute approximate surface area is 176 Å². The van der Waals surface area contributed by atoms with Crippen LogP contribution in [-0.2, 0) is 21.4 Å². The molecule has 8 nitrogen and oxygen atoms in total. The first-order chi connectivity index (χ1) is 14.5. The van der Waals surface area contributed by atoms with Crippen LogP contribution in [0.25, 0.3) is 0 Å². The van der Waals surface area contributed by atoms with Crippen LogP contribution in [0.4, 0.5) is 11.4 Å². The summed E-state index contributed by atoms with van der Waals surface area (Å²) in [6.07, 6.45) is 1.62. The summed E-state index contributed by atoms with van der Waals surface area (Å²) in [7, 11) is -4.03. The summed E-state index contributed by atoms with van der Waals surface area (Å²) in [5.41, 5.74) is 1.43. The monoisotopic (exact) mass is 438 g/mol. The number of hydrogen-bond acceptors (Lipinski definition) is 7. The predicted octanol–water partition coefficient (Wildman–Crippen LogP) is 2.70. The number of thiophene rings is 1. The van der Waals surface area contributed by atoms with Crippen LogP contribution in [0, 0.1) is 5.92 Å². The molecule has 0 saturated heterocycles. The Hall–Kier alpha value is -3.37. The number of amides is 1. The van der Waals surface area contributed by atoms with Crippen LogP contribution in [0.1, 0.15) is 15.4 Å². The summed E-state index contributed by atoms with van der Waals surface area (Å²) in [6.45, 7) is 0.157. The smallest absolute Gasteiger partial charge is 0.286 e. The van der Waals surface area contributed by atoms with Crippen molar-refractivity contribution in [2.45, 2.75) is 11.4 Å². The SMILES string of the molecule is O=C1c2sccc2N(Cc2ccccn2)C(=O)C1C1=NS(=O)(=O)c2ccccc2N1. The average molecular weight is 438 g/mol. The zero-order valence-electron chi connectivity index (χ0n) is 15.3. The first kappa shape index (κ1) is 18.6. The van der Waals surface area contributed by atoms with Gasteiger partial charge in [-0.25, -0.2) is 0 Å². The Bertz CT molecular complexity index is 1320. The third-order valence-electron chi connectivity index (χ3n) is 4.90. The molecule has 0 bridgehead atoms. The van der Waals surface area contributed by atoms with Gasteiger partial charge in [0.05, 0.1) is 28.5 Å². The molecule has 1 aromatic carbocycles. The number of fused-ring (bicyclic) bond motifs is 2. The highest BCUT2D eigenvalue weighted by Gasteiger charge is 2.45. The van der Waals surface area contributed by atoms with E-state index in [0.717, 1.165) is 0 Å². The van der Waals surface area contributed by atoms with Crippen LogP contribution in [0.2, 0.25) is 0 Å². The van der Waals surface area contributed by atoms with Crippen LogP contribution in [0.15, 0.2) is 69.4 Å². The van der Waals surface area contributed by atoms with E-state index in [0.29, 0.717) is 16.3 Å². The number of rotatable bonds is 3. The van der Waals surface area contributed by atoms with Gasteiger partial charge < -0.3 is 10.2 Å². The number of nitrogens with one attached hydrogen (secondary N) is 1. The Kier molecular flexibility index (Phi) is 4.26. The van der Waals surface area contributed by atoms with E-state index >= 15 is 0 Å². The number of Topliss-reactive ketones (excluding diaryl/α,β-unsaturated/α-hetero) is 1. The third-order valence-corrected chi connectivity index (χ3v) is 7.17. The van der Waals surface area contributed by atoms with Crippen molar-refractivity contribution < 1.29 is 18.0 Å². The molecule has 30 heavy (non-hydrogen) atoms. The van der Waals surface area contributed by atoms with Gasteiger partial charge in [-0.15, -0.1) is 15.7 Å². The number of anilines is 2. The molecule has 2 aliphatic heterocycles. The number of benzene rings is 1. The van der Waals surface area contributed by atoms with Gasteiger partial charge in [0, 0.05) is 6.20 Å². The molecule has 0 aliphatic carbocycles. The van der Waals surface area contributed by atoms with Gasteiger partial charge in [-0.05, 0) is 35.7 Å². The second-order valence-corrected chi connectivity index (χ2v) is 9.24. The molecule has 0 fully saturated rings. The van der Waals surface area contributed by atoms with E-state index < -0.39 is 27.6 Å². The van der Waals surface area contributed by atoms with Crippen LogP contribution in [-0.4, -0.2) is 30.9 Å². The van der Waals surface area contributed by atoms with Crippen molar-refractivity contribution in [1.82, 2.24) is 4.98 Å². The highest BCUT2D eigenvalue weighted by molar-refractivity contribution is 7.90. The molecule has 10 heteroatoms. The van der Waals surface area contributed by atoms with Gasteiger partial charge in [0.25, 0.3) is 10.0 Å². The van der Waals surface area contributed by atoms with E-state index in [1.807, 2.05) is 6.07 Å². The molecule has 2 aliphatic rings. The number of sulfonamides is 1. The van der Waals surface area contributed by atoms with Crippen molar-refractivity contribution >= 4 is 50.3 Å². The second kappa shape index (κ2) is 6.85. The lowest BCUT2D eigenvalue weighted by molar-refractivity contribution is -0.119. The Morgan fingerprint density at radius 3 is 2.67 bits per heavy atom. The van der Waals surface area contributed by atoms with Gasteiger partial charge >= 0.3 is 0 Å². The molecule has 0 saturated carbocycles. The van der Waals surface area contributed by atoms with E-state index in [-0.39, 0.29) is 23.0 Å². The summed E-state index contributed by atoms with van der Waals surface area (Å²) in [4.78, 5) is 32.6. The highest BCUT2D eigenvalue weighted by atomic mass is 32.2. The maximum Gasteiger partial charge on any atom is 0.286 e.